The van der Waals surface area contributed by atoms with Crippen molar-refractivity contribution < 1.29 is 13.2 Å². The molecule has 1 heterocycles. The second-order valence-corrected chi connectivity index (χ2v) is 7.41. The Kier molecular flexibility index (Phi) is 5.16. The molecule has 0 saturated heterocycles. The summed E-state index contributed by atoms with van der Waals surface area (Å²) in [7, 11) is -2.14. The largest absolute Gasteiger partial charge is 0.399 e. The Labute approximate surface area is 134 Å². The number of benzene rings is 1. The molecule has 2 rings (SSSR count). The molecule has 0 bridgehead atoms. The van der Waals surface area contributed by atoms with Gasteiger partial charge in [-0.15, -0.1) is 0 Å². The molecule has 0 amide bonds. The summed E-state index contributed by atoms with van der Waals surface area (Å²) < 4.78 is 31.7. The Morgan fingerprint density at radius 3 is 2.43 bits per heavy atom. The maximum absolute atomic E-state index is 12.7. The Bertz CT molecular complexity index is 651. The molecular weight excluding hydrogens is 335 g/mol. The van der Waals surface area contributed by atoms with Crippen molar-refractivity contribution in [2.24, 2.45) is 0 Å². The van der Waals surface area contributed by atoms with E-state index in [1.54, 1.807) is 7.11 Å². The number of halogens is 2. The first-order valence-electron chi connectivity index (χ1n) is 6.27. The monoisotopic (exact) mass is 350 g/mol. The number of nitrogens with zero attached hydrogens (tertiary/aromatic N) is 1. The number of methoxy groups -OCH3 is 1. The van der Waals surface area contributed by atoms with Crippen LogP contribution in [0.25, 0.3) is 0 Å². The number of anilines is 1. The number of nitrogens with two attached hydrogens (primary N) is 1. The minimum atomic E-state index is -3.75. The number of sulfonamides is 1. The quantitative estimate of drug-likeness (QED) is 0.668. The predicted octanol–water partition coefficient (Wildman–Crippen LogP) is 2.54. The lowest BCUT2D eigenvalue weighted by Gasteiger charge is -2.26. The highest BCUT2D eigenvalue weighted by Crippen LogP contribution is 2.34. The Morgan fingerprint density at radius 2 is 1.95 bits per heavy atom. The van der Waals surface area contributed by atoms with E-state index in [4.69, 9.17) is 33.7 Å². The van der Waals surface area contributed by atoms with Gasteiger partial charge in [-0.3, -0.25) is 0 Å². The molecule has 1 aromatic carbocycles. The van der Waals surface area contributed by atoms with Crippen molar-refractivity contribution in [1.82, 2.24) is 4.31 Å². The van der Waals surface area contributed by atoms with Gasteiger partial charge in [0.05, 0.1) is 16.7 Å². The van der Waals surface area contributed by atoms with Gasteiger partial charge in [-0.2, -0.15) is 4.31 Å². The zero-order valence-corrected chi connectivity index (χ0v) is 13.8. The third kappa shape index (κ3) is 3.52. The van der Waals surface area contributed by atoms with Gasteiger partial charge in [0.25, 0.3) is 0 Å². The van der Waals surface area contributed by atoms with Crippen molar-refractivity contribution in [2.45, 2.75) is 11.3 Å². The third-order valence-corrected chi connectivity index (χ3v) is 6.00. The maximum Gasteiger partial charge on any atom is 0.246 e. The highest BCUT2D eigenvalue weighted by molar-refractivity contribution is 7.89. The van der Waals surface area contributed by atoms with Gasteiger partial charge in [-0.1, -0.05) is 29.3 Å². The standard InChI is InChI=1S/C13H16Cl2N2O3S/c1-20-8-9-2-4-17(5-3-9)21(18,19)13-11(14)6-10(16)7-12(13)15/h2,6-7H,3-5,8,16H2,1H3. The fraction of sp³-hybridized carbons (Fsp3) is 0.385. The van der Waals surface area contributed by atoms with Crippen molar-refractivity contribution in [3.05, 3.63) is 33.8 Å². The van der Waals surface area contributed by atoms with Crippen LogP contribution in [0.3, 0.4) is 0 Å². The Morgan fingerprint density at radius 1 is 1.33 bits per heavy atom. The van der Waals surface area contributed by atoms with E-state index in [2.05, 4.69) is 0 Å². The van der Waals surface area contributed by atoms with Crippen LogP contribution in [-0.4, -0.2) is 39.5 Å². The Balaban J connectivity index is 2.32. The second kappa shape index (κ2) is 6.54. The molecule has 1 aliphatic heterocycles. The van der Waals surface area contributed by atoms with Gasteiger partial charge in [-0.05, 0) is 24.1 Å². The lowest BCUT2D eigenvalue weighted by molar-refractivity contribution is 0.219. The fourth-order valence-electron chi connectivity index (χ4n) is 2.18. The molecule has 1 aromatic rings. The zero-order valence-electron chi connectivity index (χ0n) is 11.5. The predicted molar refractivity (Wildman–Crippen MR) is 84.2 cm³/mol. The van der Waals surface area contributed by atoms with Crippen molar-refractivity contribution >= 4 is 38.9 Å². The summed E-state index contributed by atoms with van der Waals surface area (Å²) in [5.41, 5.74) is 7.01. The number of nitrogen functional groups attached to an aromatic ring is 1. The first kappa shape index (κ1) is 16.6. The molecule has 1 aliphatic rings. The molecule has 8 heteroatoms. The molecule has 2 N–H and O–H groups in total. The smallest absolute Gasteiger partial charge is 0.246 e. The molecule has 0 aliphatic carbocycles. The van der Waals surface area contributed by atoms with Gasteiger partial charge in [0.1, 0.15) is 4.90 Å². The fourth-order valence-corrected chi connectivity index (χ4v) is 4.74. The Hall–Kier alpha value is -0.790. The van der Waals surface area contributed by atoms with Crippen LogP contribution < -0.4 is 5.73 Å². The van der Waals surface area contributed by atoms with Gasteiger partial charge in [0.2, 0.25) is 10.0 Å². The number of hydrogen-bond acceptors (Lipinski definition) is 4. The van der Waals surface area contributed by atoms with E-state index in [-0.39, 0.29) is 21.5 Å². The van der Waals surface area contributed by atoms with Crippen LogP contribution in [0.5, 0.6) is 0 Å². The normalized spacial score (nSPS) is 16.8. The van der Waals surface area contributed by atoms with Gasteiger partial charge in [0, 0.05) is 25.9 Å². The van der Waals surface area contributed by atoms with E-state index >= 15 is 0 Å². The summed E-state index contributed by atoms with van der Waals surface area (Å²) in [6.45, 7) is 1.16. The first-order chi connectivity index (χ1) is 9.86. The summed E-state index contributed by atoms with van der Waals surface area (Å²) in [6, 6.07) is 2.77. The minimum absolute atomic E-state index is 0.0340. The van der Waals surface area contributed by atoms with Gasteiger partial charge in [0.15, 0.2) is 0 Å². The molecular formula is C13H16Cl2N2O3S. The van der Waals surface area contributed by atoms with Crippen LogP contribution in [0.15, 0.2) is 28.7 Å². The van der Waals surface area contributed by atoms with Crippen LogP contribution in [0.2, 0.25) is 10.0 Å². The van der Waals surface area contributed by atoms with Gasteiger partial charge < -0.3 is 10.5 Å². The molecule has 21 heavy (non-hydrogen) atoms. The van der Waals surface area contributed by atoms with Crippen molar-refractivity contribution in [2.75, 3.05) is 32.5 Å². The number of hydrogen-bond donors (Lipinski definition) is 1. The molecule has 116 valence electrons. The molecule has 0 saturated carbocycles. The van der Waals surface area contributed by atoms with E-state index in [0.29, 0.717) is 25.3 Å². The first-order valence-corrected chi connectivity index (χ1v) is 8.47. The lowest BCUT2D eigenvalue weighted by Crippen LogP contribution is -2.35. The van der Waals surface area contributed by atoms with Gasteiger partial charge >= 0.3 is 0 Å². The topological polar surface area (TPSA) is 72.6 Å². The molecule has 0 atom stereocenters. The van der Waals surface area contributed by atoms with Gasteiger partial charge in [-0.25, -0.2) is 8.42 Å². The zero-order chi connectivity index (χ0) is 15.6. The van der Waals surface area contributed by atoms with E-state index in [1.165, 1.54) is 16.4 Å². The van der Waals surface area contributed by atoms with Crippen molar-refractivity contribution in [1.29, 1.82) is 0 Å². The SMILES string of the molecule is COCC1=CCN(S(=O)(=O)c2c(Cl)cc(N)cc2Cl)CC1. The van der Waals surface area contributed by atoms with E-state index < -0.39 is 10.0 Å². The van der Waals surface area contributed by atoms with Crippen LogP contribution in [0.1, 0.15) is 6.42 Å². The summed E-state index contributed by atoms with van der Waals surface area (Å²) in [6.07, 6.45) is 2.47. The van der Waals surface area contributed by atoms with Crippen molar-refractivity contribution in [3.8, 4) is 0 Å². The number of rotatable bonds is 4. The third-order valence-electron chi connectivity index (χ3n) is 3.21. The van der Waals surface area contributed by atoms with E-state index in [9.17, 15) is 8.42 Å². The lowest BCUT2D eigenvalue weighted by atomic mass is 10.1. The van der Waals surface area contributed by atoms with Crippen molar-refractivity contribution in [3.63, 3.8) is 0 Å². The summed E-state index contributed by atoms with van der Waals surface area (Å²) in [5, 5.41) is 0.0679. The molecule has 0 spiro atoms. The summed E-state index contributed by atoms with van der Waals surface area (Å²) >= 11 is 12.0. The summed E-state index contributed by atoms with van der Waals surface area (Å²) in [5.74, 6) is 0. The number of ether oxygens (including phenoxy) is 1. The van der Waals surface area contributed by atoms with E-state index in [0.717, 1.165) is 5.57 Å². The van der Waals surface area contributed by atoms with Crippen LogP contribution >= 0.6 is 23.2 Å². The second-order valence-electron chi connectivity index (χ2n) is 4.72. The summed E-state index contributed by atoms with van der Waals surface area (Å²) in [4.78, 5) is -0.0939. The average Bonchev–Trinajstić information content (AvgIpc) is 2.38. The highest BCUT2D eigenvalue weighted by atomic mass is 35.5. The molecule has 0 aromatic heterocycles. The molecule has 0 fully saturated rings. The molecule has 0 radical (unpaired) electrons. The maximum atomic E-state index is 12.7. The van der Waals surface area contributed by atoms with E-state index in [1.807, 2.05) is 6.08 Å². The molecule has 0 unspecified atom stereocenters. The molecule has 5 nitrogen and oxygen atoms in total. The van der Waals surface area contributed by atoms with Crippen LogP contribution in [0.4, 0.5) is 5.69 Å². The van der Waals surface area contributed by atoms with Crippen LogP contribution in [-0.2, 0) is 14.8 Å². The minimum Gasteiger partial charge on any atom is -0.399 e. The van der Waals surface area contributed by atoms with Crippen LogP contribution in [0, 0.1) is 0 Å². The highest BCUT2D eigenvalue weighted by Gasteiger charge is 2.30. The average molecular weight is 351 g/mol.